The summed E-state index contributed by atoms with van der Waals surface area (Å²) in [4.78, 5) is 30.3. The van der Waals surface area contributed by atoms with E-state index in [0.717, 1.165) is 31.1 Å². The minimum atomic E-state index is -3.57. The number of carbonyl (C=O) groups is 2. The second-order valence-corrected chi connectivity index (χ2v) is 13.1. The van der Waals surface area contributed by atoms with Crippen LogP contribution in [0.3, 0.4) is 0 Å². The second kappa shape index (κ2) is 15.4. The highest BCUT2D eigenvalue weighted by molar-refractivity contribution is 7.92. The van der Waals surface area contributed by atoms with E-state index >= 15 is 0 Å². The molecular formula is C31H45N3O7S. The Labute approximate surface area is 250 Å². The first-order valence-electron chi connectivity index (χ1n) is 14.5. The molecule has 0 radical (unpaired) electrons. The maximum atomic E-state index is 14.1. The normalized spacial score (nSPS) is 21.4. The minimum Gasteiger partial charge on any atom is -0.490 e. The number of aliphatic hydroxyl groups excluding tert-OH is 1. The fourth-order valence-corrected chi connectivity index (χ4v) is 5.50. The number of aliphatic hydroxyl groups is 1. The van der Waals surface area contributed by atoms with Crippen molar-refractivity contribution in [1.29, 1.82) is 0 Å². The molecule has 232 valence electrons. The molecule has 2 aromatic carbocycles. The third-order valence-electron chi connectivity index (χ3n) is 7.43. The van der Waals surface area contributed by atoms with Crippen LogP contribution >= 0.6 is 0 Å². The highest BCUT2D eigenvalue weighted by Crippen LogP contribution is 2.29. The van der Waals surface area contributed by atoms with Crippen LogP contribution < -0.4 is 9.46 Å². The number of hydrogen-bond acceptors (Lipinski definition) is 7. The molecule has 0 fully saturated rings. The molecule has 11 heteroatoms. The quantitative estimate of drug-likeness (QED) is 0.473. The molecule has 0 aliphatic carbocycles. The molecule has 1 heterocycles. The lowest BCUT2D eigenvalue weighted by Crippen LogP contribution is -2.48. The summed E-state index contributed by atoms with van der Waals surface area (Å²) in [7, 11) is -1.81. The summed E-state index contributed by atoms with van der Waals surface area (Å²) < 4.78 is 38.7. The van der Waals surface area contributed by atoms with Gasteiger partial charge in [-0.3, -0.25) is 14.3 Å². The molecule has 2 amide bonds. The average molecular weight is 604 g/mol. The van der Waals surface area contributed by atoms with Crippen LogP contribution in [-0.4, -0.2) is 93.0 Å². The smallest absolute Gasteiger partial charge is 0.258 e. The van der Waals surface area contributed by atoms with Gasteiger partial charge in [-0.15, -0.1) is 0 Å². The summed E-state index contributed by atoms with van der Waals surface area (Å²) in [6, 6.07) is 13.7. The van der Waals surface area contributed by atoms with E-state index in [0.29, 0.717) is 18.9 Å². The molecule has 0 saturated heterocycles. The largest absolute Gasteiger partial charge is 0.490 e. The Hall–Kier alpha value is -3.15. The summed E-state index contributed by atoms with van der Waals surface area (Å²) in [5.41, 5.74) is 1.38. The number of rotatable bonds is 8. The van der Waals surface area contributed by atoms with Crippen LogP contribution in [0.4, 0.5) is 5.69 Å². The summed E-state index contributed by atoms with van der Waals surface area (Å²) in [6.07, 6.45) is 3.14. The molecule has 0 aromatic heterocycles. The van der Waals surface area contributed by atoms with Gasteiger partial charge in [-0.25, -0.2) is 8.42 Å². The number of benzene rings is 2. The summed E-state index contributed by atoms with van der Waals surface area (Å²) >= 11 is 0. The number of ether oxygens (including phenoxy) is 2. The minimum absolute atomic E-state index is 0.0288. The lowest BCUT2D eigenvalue weighted by molar-refractivity contribution is -0.131. The molecule has 0 spiro atoms. The standard InChI is InChI=1S/C31H45N3O7S/c1-22-19-34(23(2)21-35)31(37)27-18-26(32-42(5,38)39)14-15-28(27)41-24(3)11-9-10-16-40-29(22)20-33(4)30(36)17-25-12-7-6-8-13-25/h6-8,12-15,18,22-24,29,32,35H,9-11,16-17,19-21H2,1-5H3/t22-,23-,24-,29-/m1/s1. The predicted molar refractivity (Wildman–Crippen MR) is 163 cm³/mol. The molecule has 10 nitrogen and oxygen atoms in total. The molecule has 0 saturated carbocycles. The molecule has 4 atom stereocenters. The van der Waals surface area contributed by atoms with Crippen molar-refractivity contribution in [3.63, 3.8) is 0 Å². The van der Waals surface area contributed by atoms with Gasteiger partial charge in [-0.2, -0.15) is 0 Å². The maximum absolute atomic E-state index is 14.1. The van der Waals surface area contributed by atoms with E-state index in [1.165, 1.54) is 6.07 Å². The first kappa shape index (κ1) is 33.4. The summed E-state index contributed by atoms with van der Waals surface area (Å²) in [5.74, 6) is -0.269. The van der Waals surface area contributed by atoms with Gasteiger partial charge >= 0.3 is 0 Å². The monoisotopic (exact) mass is 603 g/mol. The Balaban J connectivity index is 1.91. The third kappa shape index (κ3) is 9.99. The average Bonchev–Trinajstić information content (AvgIpc) is 2.94. The Morgan fingerprint density at radius 3 is 2.55 bits per heavy atom. The van der Waals surface area contributed by atoms with Crippen LogP contribution in [0.25, 0.3) is 0 Å². The topological polar surface area (TPSA) is 125 Å². The van der Waals surface area contributed by atoms with Gasteiger partial charge in [0.2, 0.25) is 15.9 Å². The van der Waals surface area contributed by atoms with Gasteiger partial charge in [-0.1, -0.05) is 37.3 Å². The van der Waals surface area contributed by atoms with Gasteiger partial charge in [0.1, 0.15) is 5.75 Å². The van der Waals surface area contributed by atoms with E-state index in [-0.39, 0.29) is 54.9 Å². The van der Waals surface area contributed by atoms with Crippen LogP contribution in [0.2, 0.25) is 0 Å². The molecule has 42 heavy (non-hydrogen) atoms. The van der Waals surface area contributed by atoms with Crippen LogP contribution in [0.1, 0.15) is 56.0 Å². The van der Waals surface area contributed by atoms with Crippen molar-refractivity contribution in [3.05, 3.63) is 59.7 Å². The van der Waals surface area contributed by atoms with Gasteiger partial charge in [0, 0.05) is 38.3 Å². The van der Waals surface area contributed by atoms with E-state index in [1.54, 1.807) is 35.9 Å². The molecular weight excluding hydrogens is 558 g/mol. The third-order valence-corrected chi connectivity index (χ3v) is 8.04. The summed E-state index contributed by atoms with van der Waals surface area (Å²) in [6.45, 7) is 6.47. The molecule has 2 N–H and O–H groups in total. The summed E-state index contributed by atoms with van der Waals surface area (Å²) in [5, 5.41) is 10.1. The van der Waals surface area contributed by atoms with Crippen LogP contribution in [0.15, 0.2) is 48.5 Å². The Bertz CT molecular complexity index is 1290. The highest BCUT2D eigenvalue weighted by Gasteiger charge is 2.31. The SMILES string of the molecule is C[C@@H]1CCCCO[C@H](CN(C)C(=O)Cc2ccccc2)[C@H](C)CN([C@H](C)CO)C(=O)c2cc(NS(C)(=O)=O)ccc2O1. The van der Waals surface area contributed by atoms with Crippen LogP contribution in [-0.2, 0) is 26.0 Å². The zero-order chi connectivity index (χ0) is 30.9. The second-order valence-electron chi connectivity index (χ2n) is 11.3. The van der Waals surface area contributed by atoms with Crippen molar-refractivity contribution in [2.45, 2.75) is 64.7 Å². The Morgan fingerprint density at radius 2 is 1.88 bits per heavy atom. The number of nitrogens with one attached hydrogen (secondary N) is 1. The van der Waals surface area contributed by atoms with E-state index in [1.807, 2.05) is 44.2 Å². The van der Waals surface area contributed by atoms with Crippen molar-refractivity contribution >= 4 is 27.5 Å². The molecule has 0 unspecified atom stereocenters. The van der Waals surface area contributed by atoms with Crippen molar-refractivity contribution in [2.24, 2.45) is 5.92 Å². The number of fused-ring (bicyclic) bond motifs is 1. The van der Waals surface area contributed by atoms with E-state index in [4.69, 9.17) is 9.47 Å². The first-order chi connectivity index (χ1) is 19.9. The molecule has 1 aliphatic heterocycles. The lowest BCUT2D eigenvalue weighted by atomic mass is 10.0. The maximum Gasteiger partial charge on any atom is 0.258 e. The van der Waals surface area contributed by atoms with Gasteiger partial charge in [0.25, 0.3) is 5.91 Å². The fraction of sp³-hybridized carbons (Fsp3) is 0.548. The number of hydrogen-bond donors (Lipinski definition) is 2. The van der Waals surface area contributed by atoms with Crippen LogP contribution in [0.5, 0.6) is 5.75 Å². The van der Waals surface area contributed by atoms with Crippen molar-refractivity contribution < 1.29 is 32.6 Å². The lowest BCUT2D eigenvalue weighted by Gasteiger charge is -2.36. The Morgan fingerprint density at radius 1 is 1.17 bits per heavy atom. The number of nitrogens with zero attached hydrogens (tertiary/aromatic N) is 2. The zero-order valence-electron chi connectivity index (χ0n) is 25.3. The van der Waals surface area contributed by atoms with Gasteiger partial charge in [0.15, 0.2) is 0 Å². The molecule has 1 aliphatic rings. The van der Waals surface area contributed by atoms with Gasteiger partial charge in [0.05, 0.1) is 43.1 Å². The zero-order valence-corrected chi connectivity index (χ0v) is 26.1. The number of amides is 2. The van der Waals surface area contributed by atoms with E-state index in [2.05, 4.69) is 4.72 Å². The van der Waals surface area contributed by atoms with E-state index in [9.17, 15) is 23.1 Å². The number of sulfonamides is 1. The predicted octanol–water partition coefficient (Wildman–Crippen LogP) is 3.55. The van der Waals surface area contributed by atoms with Gasteiger partial charge in [-0.05, 0) is 56.9 Å². The van der Waals surface area contributed by atoms with Crippen molar-refractivity contribution in [1.82, 2.24) is 9.80 Å². The number of anilines is 1. The number of likely N-dealkylation sites (N-methyl/N-ethyl adjacent to an activating group) is 1. The first-order valence-corrected chi connectivity index (χ1v) is 16.4. The van der Waals surface area contributed by atoms with Crippen molar-refractivity contribution in [2.75, 3.05) is 44.3 Å². The highest BCUT2D eigenvalue weighted by atomic mass is 32.2. The molecule has 3 rings (SSSR count). The van der Waals surface area contributed by atoms with Crippen molar-refractivity contribution in [3.8, 4) is 5.75 Å². The van der Waals surface area contributed by atoms with Gasteiger partial charge < -0.3 is 24.4 Å². The molecule has 2 aromatic rings. The van der Waals surface area contributed by atoms with Crippen LogP contribution in [0, 0.1) is 5.92 Å². The fourth-order valence-electron chi connectivity index (χ4n) is 4.94. The Kier molecular flexibility index (Phi) is 12.2. The van der Waals surface area contributed by atoms with E-state index < -0.39 is 22.0 Å². The number of carbonyl (C=O) groups excluding carboxylic acids is 2. The molecule has 0 bridgehead atoms.